The topological polar surface area (TPSA) is 81.0 Å². The Labute approximate surface area is 177 Å². The number of aryl methyl sites for hydroxylation is 2. The fourth-order valence-electron chi connectivity index (χ4n) is 3.52. The van der Waals surface area contributed by atoms with Crippen LogP contribution in [0.2, 0.25) is 0 Å². The van der Waals surface area contributed by atoms with Crippen LogP contribution in [0.4, 0.5) is 0 Å². The second-order valence-electron chi connectivity index (χ2n) is 8.47. The average molecular weight is 405 g/mol. The van der Waals surface area contributed by atoms with Gasteiger partial charge in [-0.2, -0.15) is 4.98 Å². The molecule has 0 aromatic carbocycles. The Morgan fingerprint density at radius 2 is 1.87 bits per heavy atom. The quantitative estimate of drug-likeness (QED) is 0.628. The molecule has 3 atom stereocenters. The van der Waals surface area contributed by atoms with Gasteiger partial charge in [0.15, 0.2) is 0 Å². The van der Waals surface area contributed by atoms with Crippen LogP contribution in [0.15, 0.2) is 42.9 Å². The van der Waals surface area contributed by atoms with E-state index in [0.29, 0.717) is 35.8 Å². The summed E-state index contributed by atoms with van der Waals surface area (Å²) in [6.07, 6.45) is 5.95. The molecule has 0 spiro atoms. The number of rotatable bonds is 7. The van der Waals surface area contributed by atoms with E-state index in [0.717, 1.165) is 23.2 Å². The lowest BCUT2D eigenvalue weighted by Gasteiger charge is -2.15. The molecular formula is C24H28N4O2. The first kappa shape index (κ1) is 20.4. The molecule has 0 amide bonds. The van der Waals surface area contributed by atoms with Gasteiger partial charge in [-0.15, -0.1) is 0 Å². The van der Waals surface area contributed by atoms with Gasteiger partial charge in [0.1, 0.15) is 5.82 Å². The van der Waals surface area contributed by atoms with E-state index in [-0.39, 0.29) is 5.92 Å². The summed E-state index contributed by atoms with van der Waals surface area (Å²) in [7, 11) is 0. The van der Waals surface area contributed by atoms with E-state index in [4.69, 9.17) is 4.74 Å². The first-order valence-electron chi connectivity index (χ1n) is 10.5. The average Bonchev–Trinajstić information content (AvgIpc) is 3.52. The lowest BCUT2D eigenvalue weighted by molar-refractivity contribution is 0.122. The van der Waals surface area contributed by atoms with Gasteiger partial charge in [0.2, 0.25) is 5.88 Å². The van der Waals surface area contributed by atoms with Gasteiger partial charge >= 0.3 is 0 Å². The highest BCUT2D eigenvalue weighted by atomic mass is 16.5. The maximum Gasteiger partial charge on any atom is 0.224 e. The van der Waals surface area contributed by atoms with Crippen molar-refractivity contribution in [3.63, 3.8) is 0 Å². The minimum absolute atomic E-state index is 0.111. The van der Waals surface area contributed by atoms with E-state index in [1.165, 1.54) is 5.56 Å². The number of aliphatic hydroxyl groups is 1. The van der Waals surface area contributed by atoms with E-state index in [2.05, 4.69) is 32.1 Å². The van der Waals surface area contributed by atoms with Gasteiger partial charge < -0.3 is 9.84 Å². The van der Waals surface area contributed by atoms with E-state index in [1.807, 2.05) is 46.0 Å². The summed E-state index contributed by atoms with van der Waals surface area (Å²) in [6, 6.07) is 8.00. The summed E-state index contributed by atoms with van der Waals surface area (Å²) in [4.78, 5) is 17.8. The standard InChI is InChI=1S/C24H28N4O2/c1-14(2)23(29)22-8-6-17(11-27-22)20-12-25-16(4)28-24(20)30-13-18-9-19(18)21-7-5-15(3)10-26-21/h5-8,10-12,14,18-19,23,29H,9,13H2,1-4H3. The molecule has 0 bridgehead atoms. The number of aromatic nitrogens is 4. The molecule has 3 aromatic rings. The fraction of sp³-hybridized carbons (Fsp3) is 0.417. The van der Waals surface area contributed by atoms with Gasteiger partial charge in [0.05, 0.1) is 24.0 Å². The highest BCUT2D eigenvalue weighted by Crippen LogP contribution is 2.47. The second kappa shape index (κ2) is 8.48. The zero-order valence-electron chi connectivity index (χ0n) is 17.9. The number of pyridine rings is 2. The first-order chi connectivity index (χ1) is 14.4. The Morgan fingerprint density at radius 3 is 2.53 bits per heavy atom. The van der Waals surface area contributed by atoms with Crippen LogP contribution in [0.3, 0.4) is 0 Å². The minimum Gasteiger partial charge on any atom is -0.477 e. The molecule has 0 saturated heterocycles. The van der Waals surface area contributed by atoms with Crippen molar-refractivity contribution in [2.75, 3.05) is 6.61 Å². The Balaban J connectivity index is 1.47. The van der Waals surface area contributed by atoms with Gasteiger partial charge in [0.25, 0.3) is 0 Å². The normalized spacial score (nSPS) is 19.0. The predicted octanol–water partition coefficient (Wildman–Crippen LogP) is 4.42. The SMILES string of the molecule is Cc1ccc(C2CC2COc2nc(C)ncc2-c2ccc(C(O)C(C)C)nc2)nc1. The summed E-state index contributed by atoms with van der Waals surface area (Å²) < 4.78 is 6.13. The van der Waals surface area contributed by atoms with Gasteiger partial charge in [-0.25, -0.2) is 4.98 Å². The second-order valence-corrected chi connectivity index (χ2v) is 8.47. The van der Waals surface area contributed by atoms with Crippen LogP contribution >= 0.6 is 0 Å². The van der Waals surface area contributed by atoms with Gasteiger partial charge in [-0.1, -0.05) is 26.0 Å². The molecule has 1 fully saturated rings. The molecule has 156 valence electrons. The number of hydrogen-bond donors (Lipinski definition) is 1. The van der Waals surface area contributed by atoms with Crippen molar-refractivity contribution >= 4 is 0 Å². The van der Waals surface area contributed by atoms with Crippen molar-refractivity contribution in [2.24, 2.45) is 11.8 Å². The van der Waals surface area contributed by atoms with E-state index in [9.17, 15) is 5.11 Å². The number of aliphatic hydroxyl groups excluding tert-OH is 1. The van der Waals surface area contributed by atoms with Gasteiger partial charge in [-0.05, 0) is 43.9 Å². The lowest BCUT2D eigenvalue weighted by atomic mass is 10.0. The van der Waals surface area contributed by atoms with Crippen molar-refractivity contribution in [3.8, 4) is 17.0 Å². The Morgan fingerprint density at radius 1 is 1.03 bits per heavy atom. The maximum absolute atomic E-state index is 10.2. The fourth-order valence-corrected chi connectivity index (χ4v) is 3.52. The molecule has 30 heavy (non-hydrogen) atoms. The lowest BCUT2D eigenvalue weighted by Crippen LogP contribution is -2.08. The molecule has 0 radical (unpaired) electrons. The molecular weight excluding hydrogens is 376 g/mol. The smallest absolute Gasteiger partial charge is 0.224 e. The van der Waals surface area contributed by atoms with E-state index in [1.54, 1.807) is 12.4 Å². The van der Waals surface area contributed by atoms with Crippen LogP contribution < -0.4 is 4.74 Å². The zero-order chi connectivity index (χ0) is 21.3. The van der Waals surface area contributed by atoms with Gasteiger partial charge in [-0.3, -0.25) is 9.97 Å². The zero-order valence-corrected chi connectivity index (χ0v) is 17.9. The Kier molecular flexibility index (Phi) is 5.77. The summed E-state index contributed by atoms with van der Waals surface area (Å²) in [6.45, 7) is 8.44. The van der Waals surface area contributed by atoms with Crippen LogP contribution in [-0.4, -0.2) is 31.6 Å². The summed E-state index contributed by atoms with van der Waals surface area (Å²) >= 11 is 0. The minimum atomic E-state index is -0.578. The van der Waals surface area contributed by atoms with Crippen molar-refractivity contribution < 1.29 is 9.84 Å². The first-order valence-corrected chi connectivity index (χ1v) is 10.5. The maximum atomic E-state index is 10.2. The van der Waals surface area contributed by atoms with Crippen LogP contribution in [0.1, 0.15) is 55.1 Å². The highest BCUT2D eigenvalue weighted by Gasteiger charge is 2.40. The third-order valence-corrected chi connectivity index (χ3v) is 5.58. The molecule has 0 aliphatic heterocycles. The van der Waals surface area contributed by atoms with E-state index < -0.39 is 6.10 Å². The van der Waals surface area contributed by atoms with Crippen molar-refractivity contribution in [1.29, 1.82) is 0 Å². The van der Waals surface area contributed by atoms with Crippen molar-refractivity contribution in [3.05, 3.63) is 65.6 Å². The summed E-state index contributed by atoms with van der Waals surface area (Å²) in [5, 5.41) is 10.2. The molecule has 1 aliphatic rings. The summed E-state index contributed by atoms with van der Waals surface area (Å²) in [5.41, 5.74) is 4.66. The molecule has 4 rings (SSSR count). The number of nitrogens with zero attached hydrogens (tertiary/aromatic N) is 4. The summed E-state index contributed by atoms with van der Waals surface area (Å²) in [5.74, 6) is 2.25. The molecule has 1 aliphatic carbocycles. The number of ether oxygens (including phenoxy) is 1. The van der Waals surface area contributed by atoms with Crippen LogP contribution in [0, 0.1) is 25.7 Å². The third kappa shape index (κ3) is 4.49. The highest BCUT2D eigenvalue weighted by molar-refractivity contribution is 5.66. The largest absolute Gasteiger partial charge is 0.477 e. The molecule has 3 heterocycles. The van der Waals surface area contributed by atoms with Crippen LogP contribution in [0.25, 0.3) is 11.1 Å². The Bertz CT molecular complexity index is 1000. The predicted molar refractivity (Wildman–Crippen MR) is 115 cm³/mol. The third-order valence-electron chi connectivity index (χ3n) is 5.58. The van der Waals surface area contributed by atoms with Crippen molar-refractivity contribution in [1.82, 2.24) is 19.9 Å². The number of hydrogen-bond acceptors (Lipinski definition) is 6. The molecule has 1 saturated carbocycles. The molecule has 3 aromatic heterocycles. The monoisotopic (exact) mass is 404 g/mol. The van der Waals surface area contributed by atoms with Gasteiger partial charge in [0, 0.05) is 41.7 Å². The van der Waals surface area contributed by atoms with E-state index >= 15 is 0 Å². The Hall–Kier alpha value is -2.86. The molecule has 1 N–H and O–H groups in total. The van der Waals surface area contributed by atoms with Crippen LogP contribution in [0.5, 0.6) is 5.88 Å². The molecule has 6 heteroatoms. The molecule has 3 unspecified atom stereocenters. The van der Waals surface area contributed by atoms with Crippen LogP contribution in [-0.2, 0) is 0 Å². The van der Waals surface area contributed by atoms with Crippen molar-refractivity contribution in [2.45, 2.75) is 46.1 Å². The molecule has 6 nitrogen and oxygen atoms in total.